The molecule has 0 aliphatic heterocycles. The number of amides is 2. The van der Waals surface area contributed by atoms with Gasteiger partial charge in [-0.1, -0.05) is 48.5 Å². The number of benzene rings is 3. The Morgan fingerprint density at radius 3 is 2.47 bits per heavy atom. The molecule has 3 rings (SSSR count). The first kappa shape index (κ1) is 21.3. The van der Waals surface area contributed by atoms with Crippen LogP contribution in [0.1, 0.15) is 18.5 Å². The van der Waals surface area contributed by atoms with Crippen molar-refractivity contribution < 1.29 is 19.2 Å². The Balaban J connectivity index is 1.53. The first-order valence-corrected chi connectivity index (χ1v) is 9.98. The molecule has 3 aromatic rings. The molecule has 0 aliphatic carbocycles. The Morgan fingerprint density at radius 2 is 1.67 bits per heavy atom. The fourth-order valence-corrected chi connectivity index (χ4v) is 3.52. The summed E-state index contributed by atoms with van der Waals surface area (Å²) >= 11 is 0. The standard InChI is InChI=1S/C24H27N3O3/c1-17(21-13-6-9-18-8-4-5-12-22(18)21)25-23(28)15-27(2)16-24(29)26-19-10-7-11-20(14-19)30-3/h4-14,17H,15-16H2,1-3H3,(H,25,28)(H,26,29)/p+1/t17-/m1/s1. The summed E-state index contributed by atoms with van der Waals surface area (Å²) in [6, 6.07) is 21.3. The second-order valence-corrected chi connectivity index (χ2v) is 7.45. The van der Waals surface area contributed by atoms with Crippen LogP contribution in [0.2, 0.25) is 0 Å². The van der Waals surface area contributed by atoms with E-state index in [4.69, 9.17) is 4.74 Å². The van der Waals surface area contributed by atoms with Gasteiger partial charge in [-0.15, -0.1) is 0 Å². The lowest BCUT2D eigenvalue weighted by Gasteiger charge is -2.18. The number of quaternary nitrogens is 1. The fraction of sp³-hybridized carbons (Fsp3) is 0.250. The number of methoxy groups -OCH3 is 1. The van der Waals surface area contributed by atoms with Crippen LogP contribution >= 0.6 is 0 Å². The SMILES string of the molecule is COc1cccc(NC(=O)C[NH+](C)CC(=O)N[C@H](C)c2cccc3ccccc23)c1. The van der Waals surface area contributed by atoms with E-state index in [-0.39, 0.29) is 30.9 Å². The van der Waals surface area contributed by atoms with E-state index in [1.807, 2.05) is 50.4 Å². The summed E-state index contributed by atoms with van der Waals surface area (Å²) in [7, 11) is 3.41. The molecule has 3 aromatic carbocycles. The molecule has 0 radical (unpaired) electrons. The van der Waals surface area contributed by atoms with Crippen molar-refractivity contribution in [1.29, 1.82) is 0 Å². The van der Waals surface area contributed by atoms with Gasteiger partial charge in [-0.25, -0.2) is 0 Å². The van der Waals surface area contributed by atoms with Crippen LogP contribution in [-0.2, 0) is 9.59 Å². The molecule has 2 atom stereocenters. The van der Waals surface area contributed by atoms with Gasteiger partial charge in [-0.05, 0) is 35.4 Å². The van der Waals surface area contributed by atoms with Crippen molar-refractivity contribution in [2.24, 2.45) is 0 Å². The first-order chi connectivity index (χ1) is 14.5. The number of hydrogen-bond donors (Lipinski definition) is 3. The zero-order valence-electron chi connectivity index (χ0n) is 17.6. The Morgan fingerprint density at radius 1 is 0.967 bits per heavy atom. The van der Waals surface area contributed by atoms with Crippen LogP contribution in [0.15, 0.2) is 66.7 Å². The van der Waals surface area contributed by atoms with E-state index in [0.29, 0.717) is 11.4 Å². The highest BCUT2D eigenvalue weighted by molar-refractivity contribution is 5.92. The van der Waals surface area contributed by atoms with E-state index in [2.05, 4.69) is 28.8 Å². The number of carbonyl (C=O) groups excluding carboxylic acids is 2. The van der Waals surface area contributed by atoms with Gasteiger partial charge in [0.1, 0.15) is 5.75 Å². The average Bonchev–Trinajstić information content (AvgIpc) is 2.73. The highest BCUT2D eigenvalue weighted by Crippen LogP contribution is 2.23. The Kier molecular flexibility index (Phi) is 7.03. The summed E-state index contributed by atoms with van der Waals surface area (Å²) in [5.74, 6) is 0.424. The molecule has 0 saturated heterocycles. The summed E-state index contributed by atoms with van der Waals surface area (Å²) in [6.07, 6.45) is 0. The molecule has 0 heterocycles. The normalized spacial score (nSPS) is 12.8. The predicted octanol–water partition coefficient (Wildman–Crippen LogP) is 2.18. The highest BCUT2D eigenvalue weighted by atomic mass is 16.5. The Bertz CT molecular complexity index is 1030. The molecule has 0 aliphatic rings. The third-order valence-electron chi connectivity index (χ3n) is 4.95. The number of likely N-dealkylation sites (N-methyl/N-ethyl adjacent to an activating group) is 1. The van der Waals surface area contributed by atoms with Crippen LogP contribution in [-0.4, -0.2) is 39.1 Å². The second-order valence-electron chi connectivity index (χ2n) is 7.45. The Hall–Kier alpha value is -3.38. The smallest absolute Gasteiger partial charge is 0.279 e. The third-order valence-corrected chi connectivity index (χ3v) is 4.95. The van der Waals surface area contributed by atoms with Gasteiger partial charge in [0.05, 0.1) is 20.2 Å². The minimum atomic E-state index is -0.157. The molecule has 156 valence electrons. The van der Waals surface area contributed by atoms with E-state index < -0.39 is 0 Å². The summed E-state index contributed by atoms with van der Waals surface area (Å²) in [4.78, 5) is 25.6. The van der Waals surface area contributed by atoms with Crippen molar-refractivity contribution in [2.45, 2.75) is 13.0 Å². The molecule has 6 nitrogen and oxygen atoms in total. The largest absolute Gasteiger partial charge is 0.497 e. The molecule has 0 spiro atoms. The molecule has 0 aromatic heterocycles. The molecule has 0 bridgehead atoms. The van der Waals surface area contributed by atoms with Crippen molar-refractivity contribution in [3.8, 4) is 5.75 Å². The Labute approximate surface area is 176 Å². The number of hydrogen-bond acceptors (Lipinski definition) is 3. The van der Waals surface area contributed by atoms with Crippen molar-refractivity contribution >= 4 is 28.3 Å². The van der Waals surface area contributed by atoms with Gasteiger partial charge < -0.3 is 20.3 Å². The zero-order valence-corrected chi connectivity index (χ0v) is 17.6. The number of fused-ring (bicyclic) bond motifs is 1. The van der Waals surface area contributed by atoms with Gasteiger partial charge in [0.25, 0.3) is 11.8 Å². The summed E-state index contributed by atoms with van der Waals surface area (Å²) < 4.78 is 5.16. The van der Waals surface area contributed by atoms with E-state index in [0.717, 1.165) is 21.2 Å². The summed E-state index contributed by atoms with van der Waals surface area (Å²) in [5, 5.41) is 8.16. The summed E-state index contributed by atoms with van der Waals surface area (Å²) in [6.45, 7) is 2.37. The van der Waals surface area contributed by atoms with Crippen LogP contribution in [0.5, 0.6) is 5.75 Å². The van der Waals surface area contributed by atoms with E-state index in [9.17, 15) is 9.59 Å². The lowest BCUT2D eigenvalue weighted by Crippen LogP contribution is -3.11. The monoisotopic (exact) mass is 406 g/mol. The predicted molar refractivity (Wildman–Crippen MR) is 119 cm³/mol. The number of ether oxygens (including phenoxy) is 1. The van der Waals surface area contributed by atoms with Crippen LogP contribution in [0.25, 0.3) is 10.8 Å². The summed E-state index contributed by atoms with van der Waals surface area (Å²) in [5.41, 5.74) is 1.75. The van der Waals surface area contributed by atoms with Gasteiger partial charge in [0.15, 0.2) is 13.1 Å². The van der Waals surface area contributed by atoms with E-state index in [1.54, 1.807) is 19.2 Å². The molecular weight excluding hydrogens is 378 g/mol. The van der Waals surface area contributed by atoms with Crippen LogP contribution in [0.4, 0.5) is 5.69 Å². The average molecular weight is 407 g/mol. The third kappa shape index (κ3) is 5.58. The number of anilines is 1. The molecule has 2 amide bonds. The minimum Gasteiger partial charge on any atom is -0.497 e. The van der Waals surface area contributed by atoms with Gasteiger partial charge in [0, 0.05) is 11.8 Å². The molecule has 3 N–H and O–H groups in total. The second kappa shape index (κ2) is 9.89. The van der Waals surface area contributed by atoms with Crippen molar-refractivity contribution in [3.05, 3.63) is 72.3 Å². The van der Waals surface area contributed by atoms with Gasteiger partial charge in [-0.2, -0.15) is 0 Å². The van der Waals surface area contributed by atoms with Crippen LogP contribution < -0.4 is 20.3 Å². The van der Waals surface area contributed by atoms with Gasteiger partial charge in [0.2, 0.25) is 0 Å². The zero-order chi connectivity index (χ0) is 21.5. The van der Waals surface area contributed by atoms with E-state index >= 15 is 0 Å². The van der Waals surface area contributed by atoms with Crippen molar-refractivity contribution in [1.82, 2.24) is 5.32 Å². The van der Waals surface area contributed by atoms with Crippen molar-refractivity contribution in [2.75, 3.05) is 32.6 Å². The molecule has 0 saturated carbocycles. The molecule has 30 heavy (non-hydrogen) atoms. The number of nitrogens with one attached hydrogen (secondary N) is 3. The fourth-order valence-electron chi connectivity index (χ4n) is 3.52. The van der Waals surface area contributed by atoms with Gasteiger partial charge in [-0.3, -0.25) is 9.59 Å². The van der Waals surface area contributed by atoms with Crippen LogP contribution in [0.3, 0.4) is 0 Å². The molecule has 0 fully saturated rings. The van der Waals surface area contributed by atoms with E-state index in [1.165, 1.54) is 0 Å². The maximum Gasteiger partial charge on any atom is 0.279 e. The maximum atomic E-state index is 12.5. The maximum absolute atomic E-state index is 12.5. The highest BCUT2D eigenvalue weighted by Gasteiger charge is 2.17. The molecule has 6 heteroatoms. The number of carbonyl (C=O) groups is 2. The topological polar surface area (TPSA) is 71.9 Å². The van der Waals surface area contributed by atoms with Crippen LogP contribution in [0, 0.1) is 0 Å². The first-order valence-electron chi connectivity index (χ1n) is 9.98. The van der Waals surface area contributed by atoms with Crippen molar-refractivity contribution in [3.63, 3.8) is 0 Å². The molecule has 1 unspecified atom stereocenters. The molecular formula is C24H28N3O3+. The lowest BCUT2D eigenvalue weighted by atomic mass is 10.00. The minimum absolute atomic E-state index is 0.0953. The lowest BCUT2D eigenvalue weighted by molar-refractivity contribution is -0.862. The quantitative estimate of drug-likeness (QED) is 0.537. The van der Waals surface area contributed by atoms with Gasteiger partial charge >= 0.3 is 0 Å². The number of rotatable bonds is 8.